The fourth-order valence-corrected chi connectivity index (χ4v) is 2.79. The normalized spacial score (nSPS) is 11.1. The smallest absolute Gasteiger partial charge is 0.0780 e. The zero-order chi connectivity index (χ0) is 14.9. The van der Waals surface area contributed by atoms with Crippen LogP contribution in [0.2, 0.25) is 0 Å². The first-order chi connectivity index (χ1) is 10.8. The molecule has 0 saturated carbocycles. The summed E-state index contributed by atoms with van der Waals surface area (Å²) in [5.74, 6) is 0. The molecule has 106 valence electrons. The Hall–Kier alpha value is -2.78. The van der Waals surface area contributed by atoms with Gasteiger partial charge >= 0.3 is 0 Å². The van der Waals surface area contributed by atoms with E-state index in [0.29, 0.717) is 6.54 Å². The van der Waals surface area contributed by atoms with Crippen LogP contribution in [0.5, 0.6) is 0 Å². The molecule has 0 aliphatic carbocycles. The molecule has 2 aromatic heterocycles. The van der Waals surface area contributed by atoms with Gasteiger partial charge in [0.05, 0.1) is 16.7 Å². The van der Waals surface area contributed by atoms with E-state index in [2.05, 4.69) is 52.4 Å². The van der Waals surface area contributed by atoms with Crippen LogP contribution in [0.3, 0.4) is 0 Å². The number of pyridine rings is 2. The third-order valence-electron chi connectivity index (χ3n) is 3.90. The topological polar surface area (TPSA) is 51.8 Å². The molecule has 0 aliphatic rings. The maximum absolute atomic E-state index is 5.65. The molecule has 0 unspecified atom stereocenters. The first kappa shape index (κ1) is 12.9. The molecule has 4 aromatic rings. The lowest BCUT2D eigenvalue weighted by Gasteiger charge is -2.07. The van der Waals surface area contributed by atoms with Crippen molar-refractivity contribution in [3.8, 4) is 11.1 Å². The molecule has 0 amide bonds. The number of nitrogens with zero attached hydrogens (tertiary/aromatic N) is 2. The summed E-state index contributed by atoms with van der Waals surface area (Å²) in [4.78, 5) is 9.08. The predicted octanol–water partition coefficient (Wildman–Crippen LogP) is 3.91. The minimum Gasteiger partial charge on any atom is -0.325 e. The number of nitrogens with two attached hydrogens (primary N) is 1. The molecule has 0 aliphatic heterocycles. The van der Waals surface area contributed by atoms with E-state index in [0.717, 1.165) is 38.6 Å². The van der Waals surface area contributed by atoms with Crippen molar-refractivity contribution in [3.63, 3.8) is 0 Å². The first-order valence-corrected chi connectivity index (χ1v) is 7.29. The Morgan fingerprint density at radius 1 is 0.864 bits per heavy atom. The van der Waals surface area contributed by atoms with Crippen molar-refractivity contribution in [2.24, 2.45) is 5.73 Å². The van der Waals surface area contributed by atoms with Gasteiger partial charge in [0.2, 0.25) is 0 Å². The van der Waals surface area contributed by atoms with E-state index in [1.54, 1.807) is 0 Å². The second-order valence-corrected chi connectivity index (χ2v) is 5.29. The van der Waals surface area contributed by atoms with Gasteiger partial charge in [-0.25, -0.2) is 0 Å². The third kappa shape index (κ3) is 2.12. The van der Waals surface area contributed by atoms with E-state index in [4.69, 9.17) is 5.73 Å². The van der Waals surface area contributed by atoms with Crippen LogP contribution in [0.4, 0.5) is 0 Å². The fourth-order valence-electron chi connectivity index (χ4n) is 2.79. The van der Waals surface area contributed by atoms with Gasteiger partial charge in [-0.2, -0.15) is 0 Å². The van der Waals surface area contributed by atoms with Crippen molar-refractivity contribution < 1.29 is 0 Å². The van der Waals surface area contributed by atoms with Gasteiger partial charge in [-0.05, 0) is 29.8 Å². The van der Waals surface area contributed by atoms with Gasteiger partial charge in [-0.1, -0.05) is 36.4 Å². The predicted molar refractivity (Wildman–Crippen MR) is 90.4 cm³/mol. The molecule has 0 bridgehead atoms. The molecule has 0 saturated heterocycles. The number of fused-ring (bicyclic) bond motifs is 2. The molecule has 0 atom stereocenters. The van der Waals surface area contributed by atoms with Crippen LogP contribution in [-0.4, -0.2) is 9.97 Å². The van der Waals surface area contributed by atoms with Crippen LogP contribution in [0, 0.1) is 0 Å². The van der Waals surface area contributed by atoms with Gasteiger partial charge in [0, 0.05) is 29.1 Å². The molecule has 0 fully saturated rings. The summed E-state index contributed by atoms with van der Waals surface area (Å²) in [6.45, 7) is 0.463. The molecular formula is C19H15N3. The molecule has 3 nitrogen and oxygen atoms in total. The zero-order valence-electron chi connectivity index (χ0n) is 12.0. The quantitative estimate of drug-likeness (QED) is 0.607. The molecular weight excluding hydrogens is 270 g/mol. The van der Waals surface area contributed by atoms with E-state index in [1.165, 1.54) is 0 Å². The highest BCUT2D eigenvalue weighted by Gasteiger charge is 2.06. The Bertz CT molecular complexity index is 971. The number of rotatable bonds is 2. The van der Waals surface area contributed by atoms with E-state index < -0.39 is 0 Å². The third-order valence-corrected chi connectivity index (χ3v) is 3.90. The van der Waals surface area contributed by atoms with Gasteiger partial charge in [0.15, 0.2) is 0 Å². The summed E-state index contributed by atoms with van der Waals surface area (Å²) in [6.07, 6.45) is 1.84. The van der Waals surface area contributed by atoms with E-state index in [9.17, 15) is 0 Å². The molecule has 0 radical (unpaired) electrons. The Labute approximate surface area is 128 Å². The summed E-state index contributed by atoms with van der Waals surface area (Å²) in [6, 6.07) is 20.7. The Balaban J connectivity index is 1.93. The zero-order valence-corrected chi connectivity index (χ0v) is 12.0. The summed E-state index contributed by atoms with van der Waals surface area (Å²) < 4.78 is 0. The monoisotopic (exact) mass is 285 g/mol. The number of hydrogen-bond acceptors (Lipinski definition) is 3. The molecule has 3 heteroatoms. The molecule has 4 rings (SSSR count). The van der Waals surface area contributed by atoms with Crippen LogP contribution in [0.1, 0.15) is 5.69 Å². The van der Waals surface area contributed by atoms with E-state index >= 15 is 0 Å². The molecule has 2 aromatic carbocycles. The average Bonchev–Trinajstić information content (AvgIpc) is 2.60. The number of aromatic nitrogens is 2. The minimum absolute atomic E-state index is 0.463. The van der Waals surface area contributed by atoms with Gasteiger partial charge in [-0.15, -0.1) is 0 Å². The largest absolute Gasteiger partial charge is 0.325 e. The van der Waals surface area contributed by atoms with Crippen molar-refractivity contribution in [3.05, 3.63) is 72.6 Å². The lowest BCUT2D eigenvalue weighted by molar-refractivity contribution is 1.01. The van der Waals surface area contributed by atoms with Crippen molar-refractivity contribution in [1.29, 1.82) is 0 Å². The summed E-state index contributed by atoms with van der Waals surface area (Å²) in [7, 11) is 0. The van der Waals surface area contributed by atoms with Gasteiger partial charge < -0.3 is 5.73 Å². The van der Waals surface area contributed by atoms with Gasteiger partial charge in [0.1, 0.15) is 0 Å². The van der Waals surface area contributed by atoms with Crippen molar-refractivity contribution in [2.45, 2.75) is 6.54 Å². The van der Waals surface area contributed by atoms with Crippen LogP contribution in [0.25, 0.3) is 32.9 Å². The minimum atomic E-state index is 0.463. The first-order valence-electron chi connectivity index (χ1n) is 7.29. The average molecular weight is 285 g/mol. The highest BCUT2D eigenvalue weighted by Crippen LogP contribution is 2.29. The number of para-hydroxylation sites is 1. The Morgan fingerprint density at radius 2 is 1.77 bits per heavy atom. The SMILES string of the molecule is NCc1ccc2cc(-c3cccc4cccnc34)ccc2n1. The molecule has 2 heterocycles. The lowest BCUT2D eigenvalue weighted by atomic mass is 10.0. The second kappa shape index (κ2) is 5.20. The van der Waals surface area contributed by atoms with E-state index in [-0.39, 0.29) is 0 Å². The Morgan fingerprint density at radius 3 is 2.68 bits per heavy atom. The van der Waals surface area contributed by atoms with Crippen molar-refractivity contribution in [1.82, 2.24) is 9.97 Å². The summed E-state index contributed by atoms with van der Waals surface area (Å²) in [5.41, 5.74) is 10.9. The van der Waals surface area contributed by atoms with Crippen LogP contribution in [-0.2, 0) is 6.54 Å². The maximum Gasteiger partial charge on any atom is 0.0780 e. The van der Waals surface area contributed by atoms with Crippen LogP contribution in [0.15, 0.2) is 66.9 Å². The highest BCUT2D eigenvalue weighted by atomic mass is 14.7. The summed E-state index contributed by atoms with van der Waals surface area (Å²) >= 11 is 0. The second-order valence-electron chi connectivity index (χ2n) is 5.29. The number of hydrogen-bond donors (Lipinski definition) is 1. The molecule has 0 spiro atoms. The standard InChI is InChI=1S/C19H15N3/c20-12-16-8-6-15-11-14(7-9-18(15)22-16)17-5-1-3-13-4-2-10-21-19(13)17/h1-11H,12,20H2. The summed E-state index contributed by atoms with van der Waals surface area (Å²) in [5, 5.41) is 2.26. The molecule has 2 N–H and O–H groups in total. The Kier molecular flexibility index (Phi) is 3.06. The number of benzene rings is 2. The van der Waals surface area contributed by atoms with E-state index in [1.807, 2.05) is 24.4 Å². The van der Waals surface area contributed by atoms with Crippen LogP contribution < -0.4 is 5.73 Å². The highest BCUT2D eigenvalue weighted by molar-refractivity contribution is 5.96. The van der Waals surface area contributed by atoms with Crippen molar-refractivity contribution >= 4 is 21.8 Å². The fraction of sp³-hybridized carbons (Fsp3) is 0.0526. The van der Waals surface area contributed by atoms with Crippen LogP contribution >= 0.6 is 0 Å². The maximum atomic E-state index is 5.65. The molecule has 22 heavy (non-hydrogen) atoms. The lowest BCUT2D eigenvalue weighted by Crippen LogP contribution is -1.99. The van der Waals surface area contributed by atoms with Gasteiger partial charge in [0.25, 0.3) is 0 Å². The van der Waals surface area contributed by atoms with Crippen molar-refractivity contribution in [2.75, 3.05) is 0 Å². The van der Waals surface area contributed by atoms with Gasteiger partial charge in [-0.3, -0.25) is 9.97 Å².